The number of amides is 4. The van der Waals surface area contributed by atoms with E-state index in [2.05, 4.69) is 10.6 Å². The molecule has 2 saturated heterocycles. The number of likely N-dealkylation sites (tertiary alicyclic amines) is 1. The second-order valence-corrected chi connectivity index (χ2v) is 7.51. The number of imide groups is 1. The summed E-state index contributed by atoms with van der Waals surface area (Å²) < 4.78 is 0. The molecule has 22 heavy (non-hydrogen) atoms. The zero-order valence-corrected chi connectivity index (χ0v) is 12.8. The van der Waals surface area contributed by atoms with Crippen LogP contribution in [0.25, 0.3) is 0 Å². The Balaban J connectivity index is 1.33. The Morgan fingerprint density at radius 2 is 1.95 bits per heavy atom. The lowest BCUT2D eigenvalue weighted by atomic mass is 9.84. The summed E-state index contributed by atoms with van der Waals surface area (Å²) >= 11 is 0. The molecule has 2 saturated carbocycles. The highest BCUT2D eigenvalue weighted by Crippen LogP contribution is 2.49. The number of rotatable bonds is 2. The van der Waals surface area contributed by atoms with Gasteiger partial charge in [0.25, 0.3) is 5.91 Å². The lowest BCUT2D eigenvalue weighted by molar-refractivity contribution is -0.136. The number of carbonyl (C=O) groups is 3. The molecule has 2 N–H and O–H groups in total. The van der Waals surface area contributed by atoms with Crippen LogP contribution in [0.3, 0.4) is 0 Å². The number of hydrogen-bond acceptors (Lipinski definition) is 3. The molecule has 120 valence electrons. The van der Waals surface area contributed by atoms with Crippen molar-refractivity contribution in [2.75, 3.05) is 13.1 Å². The van der Waals surface area contributed by atoms with E-state index in [0.29, 0.717) is 38.3 Å². The van der Waals surface area contributed by atoms with E-state index in [9.17, 15) is 14.4 Å². The maximum Gasteiger partial charge on any atom is 0.322 e. The zero-order valence-electron chi connectivity index (χ0n) is 12.8. The highest BCUT2D eigenvalue weighted by atomic mass is 16.2. The minimum Gasteiger partial charge on any atom is -0.342 e. The van der Waals surface area contributed by atoms with E-state index in [0.717, 1.165) is 11.8 Å². The third-order valence-electron chi connectivity index (χ3n) is 6.31. The molecule has 4 aliphatic rings. The molecule has 6 heteroatoms. The molecule has 1 spiro atoms. The van der Waals surface area contributed by atoms with Crippen molar-refractivity contribution in [2.45, 2.75) is 50.5 Å². The van der Waals surface area contributed by atoms with Gasteiger partial charge in [0.05, 0.1) is 0 Å². The molecule has 2 aliphatic carbocycles. The van der Waals surface area contributed by atoms with Gasteiger partial charge in [-0.1, -0.05) is 6.42 Å². The van der Waals surface area contributed by atoms with Gasteiger partial charge in [0.15, 0.2) is 0 Å². The number of nitrogens with one attached hydrogen (secondary N) is 2. The van der Waals surface area contributed by atoms with Crippen molar-refractivity contribution in [3.63, 3.8) is 0 Å². The number of hydrogen-bond donors (Lipinski definition) is 2. The third kappa shape index (κ3) is 2.20. The summed E-state index contributed by atoms with van der Waals surface area (Å²) in [5.41, 5.74) is -0.777. The second kappa shape index (κ2) is 4.96. The summed E-state index contributed by atoms with van der Waals surface area (Å²) in [7, 11) is 0. The fraction of sp³-hybridized carbons (Fsp3) is 0.812. The van der Waals surface area contributed by atoms with Crippen LogP contribution in [-0.2, 0) is 9.59 Å². The first-order valence-corrected chi connectivity index (χ1v) is 8.47. The topological polar surface area (TPSA) is 78.5 Å². The van der Waals surface area contributed by atoms with E-state index < -0.39 is 11.6 Å². The molecule has 3 atom stereocenters. The molecule has 0 aromatic heterocycles. The Kier molecular flexibility index (Phi) is 3.16. The maximum absolute atomic E-state index is 12.5. The number of carbonyl (C=O) groups excluding carboxylic acids is 3. The predicted octanol–water partition coefficient (Wildman–Crippen LogP) is 1.01. The van der Waals surface area contributed by atoms with Crippen LogP contribution in [0.4, 0.5) is 4.79 Å². The fourth-order valence-electron chi connectivity index (χ4n) is 5.00. The first kappa shape index (κ1) is 14.0. The van der Waals surface area contributed by atoms with Gasteiger partial charge in [0.1, 0.15) is 5.54 Å². The van der Waals surface area contributed by atoms with Gasteiger partial charge in [-0.15, -0.1) is 0 Å². The standard InChI is InChI=1S/C16H23N3O3/c20-13(9-12-8-10-1-2-11(12)7-10)19-5-3-16(4-6-19)14(21)17-15(22)18-16/h10-12H,1-9H2,(H2,17,18,21,22)/t10-,11-,12+/m1/s1. The Bertz CT molecular complexity index is 525. The summed E-state index contributed by atoms with van der Waals surface area (Å²) in [6, 6.07) is -0.410. The molecule has 0 radical (unpaired) electrons. The van der Waals surface area contributed by atoms with Crippen molar-refractivity contribution in [3.8, 4) is 0 Å². The summed E-state index contributed by atoms with van der Waals surface area (Å²) in [5, 5.41) is 5.04. The first-order valence-electron chi connectivity index (χ1n) is 8.47. The van der Waals surface area contributed by atoms with Gasteiger partial charge in [0.2, 0.25) is 5.91 Å². The van der Waals surface area contributed by atoms with Crippen molar-refractivity contribution >= 4 is 17.8 Å². The molecule has 2 heterocycles. The summed E-state index contributed by atoms with van der Waals surface area (Å²) in [6.07, 6.45) is 6.93. The van der Waals surface area contributed by atoms with Crippen molar-refractivity contribution in [2.24, 2.45) is 17.8 Å². The van der Waals surface area contributed by atoms with Crippen molar-refractivity contribution in [1.29, 1.82) is 0 Å². The highest BCUT2D eigenvalue weighted by molar-refractivity contribution is 6.07. The number of nitrogens with zero attached hydrogens (tertiary/aromatic N) is 1. The van der Waals surface area contributed by atoms with Crippen molar-refractivity contribution in [3.05, 3.63) is 0 Å². The summed E-state index contributed by atoms with van der Waals surface area (Å²) in [5.74, 6) is 2.21. The van der Waals surface area contributed by atoms with E-state index in [4.69, 9.17) is 0 Å². The number of piperidine rings is 1. The molecule has 4 fully saturated rings. The van der Waals surface area contributed by atoms with Crippen LogP contribution in [0, 0.1) is 17.8 Å². The Labute approximate surface area is 130 Å². The van der Waals surface area contributed by atoms with Crippen molar-refractivity contribution in [1.82, 2.24) is 15.5 Å². The van der Waals surface area contributed by atoms with Crippen LogP contribution in [0.1, 0.15) is 44.9 Å². The molecule has 0 aromatic carbocycles. The predicted molar refractivity (Wildman–Crippen MR) is 78.8 cm³/mol. The third-order valence-corrected chi connectivity index (χ3v) is 6.31. The van der Waals surface area contributed by atoms with E-state index in [-0.39, 0.29) is 11.8 Å². The van der Waals surface area contributed by atoms with Gasteiger partial charge in [-0.25, -0.2) is 4.79 Å². The molecule has 4 rings (SSSR count). The van der Waals surface area contributed by atoms with Crippen LogP contribution < -0.4 is 10.6 Å². The summed E-state index contributed by atoms with van der Waals surface area (Å²) in [4.78, 5) is 37.6. The maximum atomic E-state index is 12.5. The SMILES string of the molecule is O=C1NC(=O)C2(CCN(C(=O)C[C@@H]3C[C@@H]4CC[C@@H]3C4)CC2)N1. The number of urea groups is 1. The number of fused-ring (bicyclic) bond motifs is 2. The lowest BCUT2D eigenvalue weighted by Gasteiger charge is -2.37. The Morgan fingerprint density at radius 3 is 2.50 bits per heavy atom. The van der Waals surface area contributed by atoms with Crippen LogP contribution in [0.15, 0.2) is 0 Å². The van der Waals surface area contributed by atoms with Crippen LogP contribution in [-0.4, -0.2) is 41.4 Å². The monoisotopic (exact) mass is 305 g/mol. The smallest absolute Gasteiger partial charge is 0.322 e. The fourth-order valence-corrected chi connectivity index (χ4v) is 5.00. The first-order chi connectivity index (χ1) is 10.6. The zero-order chi connectivity index (χ0) is 15.3. The molecule has 2 aliphatic heterocycles. The van der Waals surface area contributed by atoms with Gasteiger partial charge in [-0.3, -0.25) is 14.9 Å². The van der Waals surface area contributed by atoms with Crippen LogP contribution in [0.5, 0.6) is 0 Å². The van der Waals surface area contributed by atoms with Gasteiger partial charge in [-0.05, 0) is 49.9 Å². The minimum atomic E-state index is -0.777. The van der Waals surface area contributed by atoms with Crippen molar-refractivity contribution < 1.29 is 14.4 Å². The lowest BCUT2D eigenvalue weighted by Crippen LogP contribution is -2.55. The minimum absolute atomic E-state index is 0.233. The van der Waals surface area contributed by atoms with Crippen LogP contribution in [0.2, 0.25) is 0 Å². The molecular weight excluding hydrogens is 282 g/mol. The molecule has 2 bridgehead atoms. The summed E-state index contributed by atoms with van der Waals surface area (Å²) in [6.45, 7) is 1.13. The second-order valence-electron chi connectivity index (χ2n) is 7.51. The highest BCUT2D eigenvalue weighted by Gasteiger charge is 2.48. The van der Waals surface area contributed by atoms with E-state index in [1.54, 1.807) is 0 Å². The average molecular weight is 305 g/mol. The molecule has 6 nitrogen and oxygen atoms in total. The average Bonchev–Trinajstić information content (AvgIpc) is 3.16. The molecule has 0 aromatic rings. The van der Waals surface area contributed by atoms with Gasteiger partial charge in [0, 0.05) is 19.5 Å². The van der Waals surface area contributed by atoms with E-state index >= 15 is 0 Å². The molecule has 4 amide bonds. The normalized spacial score (nSPS) is 35.8. The molecular formula is C16H23N3O3. The van der Waals surface area contributed by atoms with Gasteiger partial charge in [-0.2, -0.15) is 0 Å². The van der Waals surface area contributed by atoms with E-state index in [1.165, 1.54) is 25.7 Å². The largest absolute Gasteiger partial charge is 0.342 e. The quantitative estimate of drug-likeness (QED) is 0.748. The molecule has 0 unspecified atom stereocenters. The van der Waals surface area contributed by atoms with Gasteiger partial charge < -0.3 is 10.2 Å². The van der Waals surface area contributed by atoms with Crippen LogP contribution >= 0.6 is 0 Å². The Morgan fingerprint density at radius 1 is 1.18 bits per heavy atom. The Hall–Kier alpha value is -1.59. The van der Waals surface area contributed by atoms with Gasteiger partial charge >= 0.3 is 6.03 Å². The van der Waals surface area contributed by atoms with E-state index in [1.807, 2.05) is 4.90 Å².